The Morgan fingerprint density at radius 2 is 1.26 bits per heavy atom. The zero-order chi connectivity index (χ0) is 60.0. The maximum atomic E-state index is 13.7. The van der Waals surface area contributed by atoms with Crippen LogP contribution in [-0.4, -0.2) is 57.0 Å². The smallest absolute Gasteiger partial charge is 0.407 e. The number of nitrogens with zero attached hydrogens (tertiary/aromatic N) is 3. The van der Waals surface area contributed by atoms with E-state index in [2.05, 4.69) is 148 Å². The van der Waals surface area contributed by atoms with E-state index in [-0.39, 0.29) is 47.4 Å². The summed E-state index contributed by atoms with van der Waals surface area (Å²) >= 11 is 0. The van der Waals surface area contributed by atoms with E-state index < -0.39 is 12.1 Å². The third-order valence-corrected chi connectivity index (χ3v) is 24.5. The van der Waals surface area contributed by atoms with E-state index in [0.29, 0.717) is 40.4 Å². The van der Waals surface area contributed by atoms with E-state index in [1.165, 1.54) is 92.0 Å². The highest BCUT2D eigenvalue weighted by atomic mass is 16.6. The standard InChI is InChI=1S/C48H56N4O4.C21H30O.C8H10/c1-30(2)44(49-46(54)55-29-39-36-16-10-8-14-34(36)35-15-9-11-17-37(35)39)45(53)56-33-22-24-47(3)32(26-33)18-19-38-40-20-21-42(48(40,4)25-23-41(38)47)43-28-52(51-50-43)27-31-12-6-5-7-13-31;1-4-14-6-8-18-17-7-5-15-13-16(22)9-11-21(15,3)19(17)10-12-20(14,18)2;1-2-8-6-4-3-5-7-8/h5-18,28,30,33,38-42,44H,19-27,29H2,1-4H3,(H,49,54);1,5,14,16-19,22H,6-13H2,2-3H3;3-7H,2H2,1H3/t33-,38?,40?,41?,42+,44-,47-,48-;14-,16-,17?,18?,19?,20+,21-;/m00./s1. The molecule has 9 aliphatic rings. The SMILES string of the molecule is C#C[C@H]1CCC2C3CC=C4C[C@@H](O)CC[C@]4(C)C3CC[C@@]21C.CC(C)[C@H](NC(=O)OCC1c2ccccc2-c2ccccc21)C(=O)O[C@H]1CC[C@@]2(C)C(=CCC3C2CC[C@@]2(C)C3CC[C@@H]2c2cn(Cc3ccccc3)nn2)C1.CCc1ccccc1. The minimum absolute atomic E-state index is 0.0437. The Balaban J connectivity index is 0.000000196. The molecule has 86 heavy (non-hydrogen) atoms. The van der Waals surface area contributed by atoms with E-state index in [0.717, 1.165) is 86.1 Å². The number of aliphatic hydroxyl groups excluding tert-OH is 1. The second-order valence-corrected chi connectivity index (χ2v) is 29.1. The molecule has 14 rings (SSSR count). The third-order valence-electron chi connectivity index (χ3n) is 24.5. The second-order valence-electron chi connectivity index (χ2n) is 29.1. The average molecular weight is 1160 g/mol. The molecule has 0 aliphatic heterocycles. The maximum absolute atomic E-state index is 13.7. The maximum Gasteiger partial charge on any atom is 0.407 e. The monoisotopic (exact) mass is 1160 g/mol. The van der Waals surface area contributed by atoms with Gasteiger partial charge in [-0.2, -0.15) is 0 Å². The zero-order valence-corrected chi connectivity index (χ0v) is 52.6. The molecule has 2 N–H and O–H groups in total. The number of hydrogen-bond donors (Lipinski definition) is 2. The van der Waals surface area contributed by atoms with Crippen LogP contribution in [0, 0.1) is 81.3 Å². The molecule has 9 heteroatoms. The van der Waals surface area contributed by atoms with Crippen molar-refractivity contribution in [3.8, 4) is 23.5 Å². The largest absolute Gasteiger partial charge is 0.461 e. The number of carbonyl (C=O) groups is 2. The molecule has 454 valence electrons. The van der Waals surface area contributed by atoms with Gasteiger partial charge in [-0.25, -0.2) is 14.3 Å². The van der Waals surface area contributed by atoms with Crippen LogP contribution in [-0.2, 0) is 27.2 Å². The van der Waals surface area contributed by atoms with Gasteiger partial charge < -0.3 is 19.9 Å². The highest BCUT2D eigenvalue weighted by Crippen LogP contribution is 2.69. The number of carbonyl (C=O) groups excluding carboxylic acids is 2. The van der Waals surface area contributed by atoms with Crippen molar-refractivity contribution in [3.05, 3.63) is 167 Å². The molecule has 9 aliphatic carbocycles. The second kappa shape index (κ2) is 24.7. The lowest BCUT2D eigenvalue weighted by Crippen LogP contribution is -2.51. The average Bonchev–Trinajstić information content (AvgIpc) is 1.42. The third kappa shape index (κ3) is 11.3. The lowest BCUT2D eigenvalue weighted by molar-refractivity contribution is -0.155. The number of amides is 1. The van der Waals surface area contributed by atoms with Gasteiger partial charge in [0.05, 0.1) is 18.3 Å². The van der Waals surface area contributed by atoms with Gasteiger partial charge in [0, 0.05) is 30.4 Å². The first-order valence-corrected chi connectivity index (χ1v) is 33.4. The number of esters is 1. The van der Waals surface area contributed by atoms with E-state index in [1.54, 1.807) is 5.57 Å². The summed E-state index contributed by atoms with van der Waals surface area (Å²) in [5.74, 6) is 7.98. The fourth-order valence-corrected chi connectivity index (χ4v) is 19.7. The van der Waals surface area contributed by atoms with Crippen LogP contribution in [0.3, 0.4) is 0 Å². The highest BCUT2D eigenvalue weighted by Gasteiger charge is 2.61. The van der Waals surface area contributed by atoms with E-state index in [9.17, 15) is 14.7 Å². The molecule has 1 amide bonds. The summed E-state index contributed by atoms with van der Waals surface area (Å²) in [5.41, 5.74) is 12.6. The summed E-state index contributed by atoms with van der Waals surface area (Å²) in [4.78, 5) is 26.9. The molecule has 1 aromatic heterocycles. The number of ether oxygens (including phenoxy) is 2. The molecule has 0 radical (unpaired) electrons. The van der Waals surface area contributed by atoms with Crippen molar-refractivity contribution >= 4 is 12.1 Å². The first-order valence-electron chi connectivity index (χ1n) is 33.4. The van der Waals surface area contributed by atoms with Crippen LogP contribution in [0.1, 0.15) is 191 Å². The molecule has 0 saturated heterocycles. The van der Waals surface area contributed by atoms with Gasteiger partial charge in [0.15, 0.2) is 0 Å². The van der Waals surface area contributed by atoms with Crippen LogP contribution in [0.4, 0.5) is 4.79 Å². The van der Waals surface area contributed by atoms with Crippen LogP contribution in [0.2, 0.25) is 0 Å². The number of aryl methyl sites for hydroxylation is 1. The van der Waals surface area contributed by atoms with Gasteiger partial charge in [-0.15, -0.1) is 17.4 Å². The van der Waals surface area contributed by atoms with Crippen molar-refractivity contribution in [3.63, 3.8) is 0 Å². The minimum Gasteiger partial charge on any atom is -0.461 e. The number of fused-ring (bicyclic) bond motifs is 13. The number of terminal acetylenes is 1. The molecule has 5 aromatic rings. The molecule has 6 fully saturated rings. The number of nitrogens with one attached hydrogen (secondary N) is 1. The van der Waals surface area contributed by atoms with Crippen LogP contribution in [0.5, 0.6) is 0 Å². The lowest BCUT2D eigenvalue weighted by Gasteiger charge is -2.58. The summed E-state index contributed by atoms with van der Waals surface area (Å²) < 4.78 is 14.1. The molecule has 0 bridgehead atoms. The topological polar surface area (TPSA) is 116 Å². The Morgan fingerprint density at radius 3 is 1.87 bits per heavy atom. The Kier molecular flexibility index (Phi) is 17.3. The number of hydrogen-bond acceptors (Lipinski definition) is 7. The number of aliphatic hydroxyl groups is 1. The molecule has 15 atom stereocenters. The van der Waals surface area contributed by atoms with Crippen molar-refractivity contribution in [2.45, 2.75) is 194 Å². The number of benzene rings is 4. The van der Waals surface area contributed by atoms with E-state index in [4.69, 9.17) is 21.0 Å². The molecule has 6 saturated carbocycles. The van der Waals surface area contributed by atoms with E-state index in [1.807, 2.05) is 48.9 Å². The fourth-order valence-electron chi connectivity index (χ4n) is 19.7. The van der Waals surface area contributed by atoms with Crippen molar-refractivity contribution < 1.29 is 24.2 Å². The molecular formula is C77H96N4O5. The first kappa shape index (κ1) is 60.1. The van der Waals surface area contributed by atoms with Crippen LogP contribution >= 0.6 is 0 Å². The Hall–Kier alpha value is -6.24. The van der Waals surface area contributed by atoms with Gasteiger partial charge in [-0.3, -0.25) is 0 Å². The predicted molar refractivity (Wildman–Crippen MR) is 343 cm³/mol. The quantitative estimate of drug-likeness (QED) is 0.0813. The molecule has 4 aromatic carbocycles. The fraction of sp³-hybridized carbons (Fsp3) is 0.558. The van der Waals surface area contributed by atoms with Crippen molar-refractivity contribution in [2.24, 2.45) is 69.0 Å². The van der Waals surface area contributed by atoms with Crippen LogP contribution in [0.25, 0.3) is 11.1 Å². The molecule has 1 heterocycles. The molecule has 0 spiro atoms. The summed E-state index contributed by atoms with van der Waals surface area (Å²) in [7, 11) is 0. The number of alkyl carbamates (subject to hydrolysis) is 1. The minimum atomic E-state index is -0.782. The zero-order valence-electron chi connectivity index (χ0n) is 52.6. The predicted octanol–water partition coefficient (Wildman–Crippen LogP) is 16.7. The Bertz CT molecular complexity index is 3280. The summed E-state index contributed by atoms with van der Waals surface area (Å²) in [6, 6.07) is 36.7. The van der Waals surface area contributed by atoms with Crippen molar-refractivity contribution in [1.29, 1.82) is 0 Å². The van der Waals surface area contributed by atoms with Crippen LogP contribution < -0.4 is 5.32 Å². The van der Waals surface area contributed by atoms with Crippen LogP contribution in [0.15, 0.2) is 139 Å². The van der Waals surface area contributed by atoms with Gasteiger partial charge in [-0.1, -0.05) is 186 Å². The van der Waals surface area contributed by atoms with E-state index >= 15 is 0 Å². The molecule has 6 unspecified atom stereocenters. The lowest BCUT2D eigenvalue weighted by atomic mass is 9.47. The summed E-state index contributed by atoms with van der Waals surface area (Å²) in [5, 5.41) is 22.2. The first-order chi connectivity index (χ1) is 41.5. The summed E-state index contributed by atoms with van der Waals surface area (Å²) in [6.07, 6.45) is 31.6. The van der Waals surface area contributed by atoms with Gasteiger partial charge in [-0.05, 0) is 199 Å². The molecule has 9 nitrogen and oxygen atoms in total. The number of rotatable bonds is 10. The van der Waals surface area contributed by atoms with Gasteiger partial charge in [0.25, 0.3) is 0 Å². The van der Waals surface area contributed by atoms with Crippen molar-refractivity contribution in [2.75, 3.05) is 6.61 Å². The van der Waals surface area contributed by atoms with Crippen molar-refractivity contribution in [1.82, 2.24) is 20.3 Å². The Morgan fingerprint density at radius 1 is 0.686 bits per heavy atom. The Labute approximate surface area is 514 Å². The molecular weight excluding hydrogens is 1060 g/mol. The van der Waals surface area contributed by atoms with Gasteiger partial charge >= 0.3 is 12.1 Å². The normalized spacial score (nSPS) is 33.9. The number of aromatic nitrogens is 3. The van der Waals surface area contributed by atoms with Gasteiger partial charge in [0.1, 0.15) is 18.8 Å². The number of allylic oxidation sites excluding steroid dienone is 2. The highest BCUT2D eigenvalue weighted by molar-refractivity contribution is 5.82. The van der Waals surface area contributed by atoms with Gasteiger partial charge in [0.2, 0.25) is 0 Å². The summed E-state index contributed by atoms with van der Waals surface area (Å²) in [6.45, 7) is 17.0.